The van der Waals surface area contributed by atoms with Gasteiger partial charge in [0.2, 0.25) is 0 Å². The fourth-order valence-electron chi connectivity index (χ4n) is 1.83. The molecule has 2 aromatic heterocycles. The molecular formula is C10H15ClN6S. The lowest BCUT2D eigenvalue weighted by molar-refractivity contribution is 0.574. The molecule has 18 heavy (non-hydrogen) atoms. The second-order valence-corrected chi connectivity index (χ2v) is 5.47. The van der Waals surface area contributed by atoms with Gasteiger partial charge in [-0.2, -0.15) is 5.10 Å². The van der Waals surface area contributed by atoms with Gasteiger partial charge in [0.25, 0.3) is 0 Å². The van der Waals surface area contributed by atoms with E-state index in [1.54, 1.807) is 10.9 Å². The van der Waals surface area contributed by atoms with Crippen molar-refractivity contribution in [2.24, 2.45) is 12.9 Å². The Bertz CT molecular complexity index is 515. The minimum Gasteiger partial charge on any atom is -0.270 e. The SMILES string of the molecule is CC(C)c1nnsc1C(NN)c1c(Cl)cnn1C. The van der Waals surface area contributed by atoms with Gasteiger partial charge in [-0.15, -0.1) is 5.10 Å². The van der Waals surface area contributed by atoms with Crippen LogP contribution in [0.25, 0.3) is 0 Å². The molecule has 0 saturated carbocycles. The number of rotatable bonds is 4. The third-order valence-corrected chi connectivity index (χ3v) is 3.82. The Labute approximate surface area is 114 Å². The standard InChI is InChI=1S/C10H15ClN6S/c1-5(2)7-10(18-16-15-7)8(14-12)9-6(11)4-13-17(9)3/h4-5,8,14H,12H2,1-3H3. The van der Waals surface area contributed by atoms with Gasteiger partial charge in [0, 0.05) is 7.05 Å². The summed E-state index contributed by atoms with van der Waals surface area (Å²) >= 11 is 7.48. The van der Waals surface area contributed by atoms with Crippen LogP contribution in [0.2, 0.25) is 5.02 Å². The largest absolute Gasteiger partial charge is 0.270 e. The molecule has 3 N–H and O–H groups in total. The zero-order valence-corrected chi connectivity index (χ0v) is 12.0. The average Bonchev–Trinajstić information content (AvgIpc) is 2.91. The van der Waals surface area contributed by atoms with Crippen molar-refractivity contribution in [3.05, 3.63) is 27.5 Å². The van der Waals surface area contributed by atoms with Crippen molar-refractivity contribution in [2.75, 3.05) is 0 Å². The van der Waals surface area contributed by atoms with Crippen molar-refractivity contribution in [3.8, 4) is 0 Å². The number of hydrogen-bond donors (Lipinski definition) is 2. The van der Waals surface area contributed by atoms with Crippen molar-refractivity contribution in [1.29, 1.82) is 0 Å². The number of aryl methyl sites for hydroxylation is 1. The summed E-state index contributed by atoms with van der Waals surface area (Å²) in [4.78, 5) is 0.970. The van der Waals surface area contributed by atoms with Gasteiger partial charge in [-0.3, -0.25) is 10.5 Å². The number of hydrogen-bond acceptors (Lipinski definition) is 6. The van der Waals surface area contributed by atoms with Crippen molar-refractivity contribution in [1.82, 2.24) is 24.8 Å². The lowest BCUT2D eigenvalue weighted by Crippen LogP contribution is -2.30. The molecule has 0 amide bonds. The molecule has 0 aliphatic carbocycles. The van der Waals surface area contributed by atoms with Gasteiger partial charge in [-0.25, -0.2) is 5.43 Å². The Kier molecular flexibility index (Phi) is 3.96. The molecule has 2 heterocycles. The first-order valence-corrected chi connectivity index (χ1v) is 6.67. The van der Waals surface area contributed by atoms with Crippen LogP contribution in [0.4, 0.5) is 0 Å². The molecule has 0 spiro atoms. The van der Waals surface area contributed by atoms with Crippen molar-refractivity contribution in [2.45, 2.75) is 25.8 Å². The topological polar surface area (TPSA) is 81.7 Å². The van der Waals surface area contributed by atoms with Crippen LogP contribution in [0.1, 0.15) is 42.1 Å². The van der Waals surface area contributed by atoms with Crippen LogP contribution in [-0.4, -0.2) is 19.4 Å². The Balaban J connectivity index is 2.49. The Morgan fingerprint density at radius 3 is 2.72 bits per heavy atom. The highest BCUT2D eigenvalue weighted by molar-refractivity contribution is 7.05. The van der Waals surface area contributed by atoms with Gasteiger partial charge < -0.3 is 0 Å². The van der Waals surface area contributed by atoms with Gasteiger partial charge in [0.05, 0.1) is 27.5 Å². The molecule has 6 nitrogen and oxygen atoms in total. The summed E-state index contributed by atoms with van der Waals surface area (Å²) in [6.07, 6.45) is 1.60. The number of nitrogens with zero attached hydrogens (tertiary/aromatic N) is 4. The molecule has 0 fully saturated rings. The van der Waals surface area contributed by atoms with Gasteiger partial charge >= 0.3 is 0 Å². The Morgan fingerprint density at radius 2 is 2.22 bits per heavy atom. The summed E-state index contributed by atoms with van der Waals surface area (Å²) in [6.45, 7) is 4.14. The van der Waals surface area contributed by atoms with Crippen LogP contribution in [-0.2, 0) is 7.05 Å². The van der Waals surface area contributed by atoms with Crippen LogP contribution in [0.15, 0.2) is 6.20 Å². The molecule has 2 aromatic rings. The minimum absolute atomic E-state index is 0.248. The molecule has 0 aliphatic heterocycles. The number of nitrogens with two attached hydrogens (primary N) is 1. The van der Waals surface area contributed by atoms with Crippen LogP contribution in [0.5, 0.6) is 0 Å². The van der Waals surface area contributed by atoms with Gasteiger partial charge in [0.15, 0.2) is 0 Å². The predicted octanol–water partition coefficient (Wildman–Crippen LogP) is 1.60. The number of hydrazine groups is 1. The Morgan fingerprint density at radius 1 is 1.50 bits per heavy atom. The highest BCUT2D eigenvalue weighted by Gasteiger charge is 2.26. The minimum atomic E-state index is -0.248. The van der Waals surface area contributed by atoms with Crippen LogP contribution in [0.3, 0.4) is 0 Å². The average molecular weight is 287 g/mol. The number of halogens is 1. The third kappa shape index (κ3) is 2.26. The normalized spacial score (nSPS) is 13.2. The van der Waals surface area contributed by atoms with Gasteiger partial charge in [-0.1, -0.05) is 29.9 Å². The first kappa shape index (κ1) is 13.4. The molecule has 98 valence electrons. The predicted molar refractivity (Wildman–Crippen MR) is 71.4 cm³/mol. The molecule has 0 aliphatic rings. The molecule has 1 unspecified atom stereocenters. The summed E-state index contributed by atoms with van der Waals surface area (Å²) in [5.74, 6) is 5.94. The lowest BCUT2D eigenvalue weighted by Gasteiger charge is -2.17. The van der Waals surface area contributed by atoms with E-state index in [-0.39, 0.29) is 12.0 Å². The highest BCUT2D eigenvalue weighted by atomic mass is 35.5. The maximum atomic E-state index is 6.15. The summed E-state index contributed by atoms with van der Waals surface area (Å²) in [5.41, 5.74) is 4.51. The smallest absolute Gasteiger partial charge is 0.102 e. The summed E-state index contributed by atoms with van der Waals surface area (Å²) in [7, 11) is 1.83. The van der Waals surface area contributed by atoms with Gasteiger partial charge in [0.1, 0.15) is 6.04 Å². The monoisotopic (exact) mass is 286 g/mol. The maximum absolute atomic E-state index is 6.15. The van der Waals surface area contributed by atoms with Crippen LogP contribution in [0, 0.1) is 0 Å². The maximum Gasteiger partial charge on any atom is 0.102 e. The van der Waals surface area contributed by atoms with E-state index in [9.17, 15) is 0 Å². The van der Waals surface area contributed by atoms with E-state index in [2.05, 4.69) is 34.0 Å². The fraction of sp³-hybridized carbons (Fsp3) is 0.500. The second kappa shape index (κ2) is 5.31. The number of aromatic nitrogens is 4. The van der Waals surface area contributed by atoms with Crippen molar-refractivity contribution >= 4 is 23.1 Å². The van der Waals surface area contributed by atoms with Crippen molar-refractivity contribution < 1.29 is 0 Å². The molecule has 0 aromatic carbocycles. The van der Waals surface area contributed by atoms with E-state index in [4.69, 9.17) is 17.4 Å². The molecule has 8 heteroatoms. The second-order valence-electron chi connectivity index (χ2n) is 4.28. The van der Waals surface area contributed by atoms with Crippen molar-refractivity contribution in [3.63, 3.8) is 0 Å². The first-order valence-electron chi connectivity index (χ1n) is 5.52. The zero-order valence-electron chi connectivity index (χ0n) is 10.4. The summed E-state index contributed by atoms with van der Waals surface area (Å²) in [5, 5.41) is 8.85. The molecular weight excluding hydrogens is 272 g/mol. The molecule has 0 bridgehead atoms. The fourth-order valence-corrected chi connectivity index (χ4v) is 2.98. The van der Waals surface area contributed by atoms with E-state index in [0.717, 1.165) is 16.3 Å². The van der Waals surface area contributed by atoms with Crippen LogP contribution < -0.4 is 11.3 Å². The first-order chi connectivity index (χ1) is 8.56. The molecule has 2 rings (SSSR count). The lowest BCUT2D eigenvalue weighted by atomic mass is 10.0. The van der Waals surface area contributed by atoms with Gasteiger partial charge in [-0.05, 0) is 17.5 Å². The van der Waals surface area contributed by atoms with Crippen LogP contribution >= 0.6 is 23.1 Å². The van der Waals surface area contributed by atoms with E-state index in [1.165, 1.54) is 11.5 Å². The van der Waals surface area contributed by atoms with E-state index in [1.807, 2.05) is 7.05 Å². The summed E-state index contributed by atoms with van der Waals surface area (Å²) in [6, 6.07) is -0.248. The summed E-state index contributed by atoms with van der Waals surface area (Å²) < 4.78 is 5.71. The Hall–Kier alpha value is -1.02. The molecule has 0 radical (unpaired) electrons. The van der Waals surface area contributed by atoms with E-state index >= 15 is 0 Å². The van der Waals surface area contributed by atoms with E-state index < -0.39 is 0 Å². The number of nitrogens with one attached hydrogen (secondary N) is 1. The molecule has 0 saturated heterocycles. The highest BCUT2D eigenvalue weighted by Crippen LogP contribution is 2.33. The quantitative estimate of drug-likeness (QED) is 0.659. The molecule has 1 atom stereocenters. The van der Waals surface area contributed by atoms with E-state index in [0.29, 0.717) is 5.02 Å². The third-order valence-electron chi connectivity index (χ3n) is 2.73. The zero-order chi connectivity index (χ0) is 13.3.